The molecule has 0 aromatic heterocycles. The molecule has 1 atom stereocenters. The van der Waals surface area contributed by atoms with Gasteiger partial charge in [0, 0.05) is 4.47 Å². The summed E-state index contributed by atoms with van der Waals surface area (Å²) in [5, 5.41) is 9.05. The van der Waals surface area contributed by atoms with Crippen LogP contribution in [0.5, 0.6) is 5.75 Å². The Morgan fingerprint density at radius 3 is 2.87 bits per heavy atom. The van der Waals surface area contributed by atoms with E-state index in [0.717, 1.165) is 4.47 Å². The zero-order valence-electron chi connectivity index (χ0n) is 8.24. The van der Waals surface area contributed by atoms with Crippen molar-refractivity contribution in [1.29, 1.82) is 0 Å². The van der Waals surface area contributed by atoms with Gasteiger partial charge in [0.1, 0.15) is 12.4 Å². The molecule has 82 valence electrons. The molecule has 1 rings (SSSR count). The van der Waals surface area contributed by atoms with Crippen molar-refractivity contribution in [3.63, 3.8) is 0 Å². The van der Waals surface area contributed by atoms with Crippen LogP contribution in [0.4, 0.5) is 0 Å². The van der Waals surface area contributed by atoms with Crippen molar-refractivity contribution in [2.45, 2.75) is 13.0 Å². The molecule has 0 saturated carbocycles. The highest BCUT2D eigenvalue weighted by atomic mass is 79.9. The number of primary amides is 1. The molecular formula is C10H12BrNO3. The van der Waals surface area contributed by atoms with E-state index >= 15 is 0 Å². The second-order valence-electron chi connectivity index (χ2n) is 3.16. The summed E-state index contributed by atoms with van der Waals surface area (Å²) in [7, 11) is 0. The zero-order chi connectivity index (χ0) is 11.4. The molecule has 4 nitrogen and oxygen atoms in total. The van der Waals surface area contributed by atoms with Crippen LogP contribution < -0.4 is 10.5 Å². The Labute approximate surface area is 96.2 Å². The lowest BCUT2D eigenvalue weighted by molar-refractivity contribution is 0.0983. The molecule has 0 heterocycles. The fourth-order valence-corrected chi connectivity index (χ4v) is 1.39. The van der Waals surface area contributed by atoms with Gasteiger partial charge in [0.25, 0.3) is 5.91 Å². The van der Waals surface area contributed by atoms with Gasteiger partial charge in [-0.1, -0.05) is 15.9 Å². The summed E-state index contributed by atoms with van der Waals surface area (Å²) in [5.41, 5.74) is 5.48. The van der Waals surface area contributed by atoms with Gasteiger partial charge in [-0.15, -0.1) is 0 Å². The summed E-state index contributed by atoms with van der Waals surface area (Å²) in [4.78, 5) is 11.1. The van der Waals surface area contributed by atoms with Gasteiger partial charge >= 0.3 is 0 Å². The molecule has 1 aromatic carbocycles. The van der Waals surface area contributed by atoms with Gasteiger partial charge in [-0.3, -0.25) is 4.79 Å². The van der Waals surface area contributed by atoms with E-state index in [1.54, 1.807) is 25.1 Å². The SMILES string of the molecule is CC(O)COc1ccc(Br)cc1C(N)=O. The number of halogens is 1. The Kier molecular flexibility index (Phi) is 4.11. The molecule has 0 aliphatic rings. The first-order valence-corrected chi connectivity index (χ1v) is 5.20. The van der Waals surface area contributed by atoms with E-state index in [9.17, 15) is 4.79 Å². The van der Waals surface area contributed by atoms with Crippen molar-refractivity contribution >= 4 is 21.8 Å². The van der Waals surface area contributed by atoms with Gasteiger partial charge in [-0.05, 0) is 25.1 Å². The van der Waals surface area contributed by atoms with Gasteiger partial charge in [-0.25, -0.2) is 0 Å². The third-order valence-corrected chi connectivity index (χ3v) is 2.18. The van der Waals surface area contributed by atoms with Crippen LogP contribution in [0.1, 0.15) is 17.3 Å². The average Bonchev–Trinajstić information content (AvgIpc) is 2.15. The minimum absolute atomic E-state index is 0.127. The van der Waals surface area contributed by atoms with Crippen LogP contribution >= 0.6 is 15.9 Å². The molecular weight excluding hydrogens is 262 g/mol. The maximum atomic E-state index is 11.1. The number of amides is 1. The molecule has 0 fully saturated rings. The second kappa shape index (κ2) is 5.14. The third-order valence-electron chi connectivity index (χ3n) is 1.69. The lowest BCUT2D eigenvalue weighted by Gasteiger charge is -2.11. The topological polar surface area (TPSA) is 72.6 Å². The number of hydrogen-bond acceptors (Lipinski definition) is 3. The summed E-state index contributed by atoms with van der Waals surface area (Å²) in [6.45, 7) is 1.73. The van der Waals surface area contributed by atoms with E-state index in [4.69, 9.17) is 15.6 Å². The quantitative estimate of drug-likeness (QED) is 0.869. The van der Waals surface area contributed by atoms with Crippen molar-refractivity contribution < 1.29 is 14.6 Å². The molecule has 1 amide bonds. The maximum Gasteiger partial charge on any atom is 0.252 e. The molecule has 0 aliphatic carbocycles. The standard InChI is InChI=1S/C10H12BrNO3/c1-6(13)5-15-9-3-2-7(11)4-8(9)10(12)14/h2-4,6,13H,5H2,1H3,(H2,12,14). The highest BCUT2D eigenvalue weighted by Gasteiger charge is 2.10. The minimum Gasteiger partial charge on any atom is -0.490 e. The largest absolute Gasteiger partial charge is 0.490 e. The number of ether oxygens (including phenoxy) is 1. The zero-order valence-corrected chi connectivity index (χ0v) is 9.82. The van der Waals surface area contributed by atoms with Gasteiger partial charge in [-0.2, -0.15) is 0 Å². The maximum absolute atomic E-state index is 11.1. The van der Waals surface area contributed by atoms with Crippen molar-refractivity contribution in [2.24, 2.45) is 5.73 Å². The lowest BCUT2D eigenvalue weighted by Crippen LogP contribution is -2.17. The molecule has 1 aromatic rings. The Morgan fingerprint density at radius 2 is 2.33 bits per heavy atom. The van der Waals surface area contributed by atoms with Crippen LogP contribution in [0.2, 0.25) is 0 Å². The van der Waals surface area contributed by atoms with Crippen LogP contribution in [0, 0.1) is 0 Å². The van der Waals surface area contributed by atoms with Crippen molar-refractivity contribution in [2.75, 3.05) is 6.61 Å². The highest BCUT2D eigenvalue weighted by Crippen LogP contribution is 2.22. The molecule has 15 heavy (non-hydrogen) atoms. The molecule has 0 bridgehead atoms. The molecule has 1 unspecified atom stereocenters. The van der Waals surface area contributed by atoms with E-state index < -0.39 is 12.0 Å². The molecule has 0 spiro atoms. The number of carbonyl (C=O) groups excluding carboxylic acids is 1. The Hall–Kier alpha value is -1.07. The van der Waals surface area contributed by atoms with Crippen molar-refractivity contribution in [3.05, 3.63) is 28.2 Å². The number of aliphatic hydroxyl groups is 1. The Bertz CT molecular complexity index is 366. The first-order valence-electron chi connectivity index (χ1n) is 4.41. The monoisotopic (exact) mass is 273 g/mol. The highest BCUT2D eigenvalue weighted by molar-refractivity contribution is 9.10. The van der Waals surface area contributed by atoms with E-state index in [2.05, 4.69) is 15.9 Å². The summed E-state index contributed by atoms with van der Waals surface area (Å²) in [5.74, 6) is -0.177. The van der Waals surface area contributed by atoms with Crippen LogP contribution in [0.25, 0.3) is 0 Å². The smallest absolute Gasteiger partial charge is 0.252 e. The van der Waals surface area contributed by atoms with Crippen LogP contribution in [-0.4, -0.2) is 23.7 Å². The third kappa shape index (κ3) is 3.53. The van der Waals surface area contributed by atoms with Gasteiger partial charge in [0.15, 0.2) is 0 Å². The number of carbonyl (C=O) groups is 1. The molecule has 0 radical (unpaired) electrons. The van der Waals surface area contributed by atoms with E-state index in [-0.39, 0.29) is 6.61 Å². The van der Waals surface area contributed by atoms with Crippen molar-refractivity contribution in [1.82, 2.24) is 0 Å². The number of nitrogens with two attached hydrogens (primary N) is 1. The molecule has 3 N–H and O–H groups in total. The fourth-order valence-electron chi connectivity index (χ4n) is 1.03. The summed E-state index contributed by atoms with van der Waals surface area (Å²) >= 11 is 3.23. The summed E-state index contributed by atoms with van der Waals surface area (Å²) in [6.07, 6.45) is -0.589. The Morgan fingerprint density at radius 1 is 1.67 bits per heavy atom. The minimum atomic E-state index is -0.589. The van der Waals surface area contributed by atoms with Gasteiger partial charge in [0.2, 0.25) is 0 Å². The Balaban J connectivity index is 2.91. The number of hydrogen-bond donors (Lipinski definition) is 2. The van der Waals surface area contributed by atoms with Gasteiger partial charge in [0.05, 0.1) is 11.7 Å². The predicted octanol–water partition coefficient (Wildman–Crippen LogP) is 1.31. The lowest BCUT2D eigenvalue weighted by atomic mass is 10.2. The average molecular weight is 274 g/mol. The molecule has 5 heteroatoms. The van der Waals surface area contributed by atoms with Gasteiger partial charge < -0.3 is 15.6 Å². The first-order chi connectivity index (χ1) is 7.00. The van der Waals surface area contributed by atoms with Crippen LogP contribution in [-0.2, 0) is 0 Å². The normalized spacial score (nSPS) is 12.2. The first kappa shape index (κ1) is 12.0. The van der Waals surface area contributed by atoms with E-state index in [0.29, 0.717) is 11.3 Å². The predicted molar refractivity (Wildman–Crippen MR) is 59.8 cm³/mol. The summed E-state index contributed by atoms with van der Waals surface area (Å²) in [6, 6.07) is 4.95. The van der Waals surface area contributed by atoms with Crippen LogP contribution in [0.3, 0.4) is 0 Å². The number of rotatable bonds is 4. The number of benzene rings is 1. The number of aliphatic hydroxyl groups excluding tert-OH is 1. The van der Waals surface area contributed by atoms with Crippen LogP contribution in [0.15, 0.2) is 22.7 Å². The molecule has 0 aliphatic heterocycles. The second-order valence-corrected chi connectivity index (χ2v) is 4.08. The summed E-state index contributed by atoms with van der Waals surface area (Å²) < 4.78 is 5.99. The van der Waals surface area contributed by atoms with E-state index in [1.807, 2.05) is 0 Å². The fraction of sp³-hybridized carbons (Fsp3) is 0.300. The van der Waals surface area contributed by atoms with Crippen molar-refractivity contribution in [3.8, 4) is 5.75 Å². The molecule has 0 saturated heterocycles. The van der Waals surface area contributed by atoms with E-state index in [1.165, 1.54) is 0 Å².